The van der Waals surface area contributed by atoms with Crippen molar-refractivity contribution in [1.29, 1.82) is 0 Å². The van der Waals surface area contributed by atoms with Gasteiger partial charge in [-0.3, -0.25) is 4.79 Å². The van der Waals surface area contributed by atoms with Gasteiger partial charge in [0.1, 0.15) is 0 Å². The Balaban J connectivity index is 4.24. The maximum absolute atomic E-state index is 11.4. The summed E-state index contributed by atoms with van der Waals surface area (Å²) in [5, 5.41) is 0. The minimum Gasteiger partial charge on any atom is -0.469 e. The number of terminal acetylenes is 1. The first-order chi connectivity index (χ1) is 6.94. The molecule has 15 heavy (non-hydrogen) atoms. The summed E-state index contributed by atoms with van der Waals surface area (Å²) in [5.41, 5.74) is 0.775. The van der Waals surface area contributed by atoms with Crippen molar-refractivity contribution in [2.45, 2.75) is 40.0 Å². The molecule has 0 amide bonds. The number of carbonyl (C=O) groups excluding carboxylic acids is 1. The average Bonchev–Trinajstić information content (AvgIpc) is 2.22. The smallest absolute Gasteiger partial charge is 0.311 e. The highest BCUT2D eigenvalue weighted by atomic mass is 16.5. The third-order valence-corrected chi connectivity index (χ3v) is 2.36. The van der Waals surface area contributed by atoms with Gasteiger partial charge in [-0.15, -0.1) is 12.3 Å². The molecule has 0 atom stereocenters. The molecule has 84 valence electrons. The van der Waals surface area contributed by atoms with Gasteiger partial charge in [-0.25, -0.2) is 0 Å². The molecule has 0 unspecified atom stereocenters. The van der Waals surface area contributed by atoms with E-state index >= 15 is 0 Å². The minimum atomic E-state index is -0.452. The summed E-state index contributed by atoms with van der Waals surface area (Å²) in [6.45, 7) is 5.79. The number of esters is 1. The van der Waals surface area contributed by atoms with Crippen LogP contribution < -0.4 is 0 Å². The molecular weight excluding hydrogens is 188 g/mol. The Hall–Kier alpha value is -1.23. The Bertz CT molecular complexity index is 279. The zero-order valence-electron chi connectivity index (χ0n) is 10.1. The van der Waals surface area contributed by atoms with Crippen LogP contribution in [0.3, 0.4) is 0 Å². The van der Waals surface area contributed by atoms with E-state index in [9.17, 15) is 4.79 Å². The first-order valence-electron chi connectivity index (χ1n) is 5.11. The molecule has 0 radical (unpaired) electrons. The fourth-order valence-corrected chi connectivity index (χ4v) is 1.16. The minimum absolute atomic E-state index is 0.177. The van der Waals surface area contributed by atoms with Crippen LogP contribution in [0.2, 0.25) is 0 Å². The Morgan fingerprint density at radius 1 is 1.53 bits per heavy atom. The van der Waals surface area contributed by atoms with Crippen LogP contribution in [0.4, 0.5) is 0 Å². The van der Waals surface area contributed by atoms with Crippen molar-refractivity contribution in [3.63, 3.8) is 0 Å². The molecule has 0 saturated carbocycles. The quantitative estimate of drug-likeness (QED) is 0.394. The van der Waals surface area contributed by atoms with Gasteiger partial charge in [-0.1, -0.05) is 11.6 Å². The summed E-state index contributed by atoms with van der Waals surface area (Å²) in [7, 11) is 1.42. The summed E-state index contributed by atoms with van der Waals surface area (Å²) in [6, 6.07) is 0. The molecule has 2 heteroatoms. The largest absolute Gasteiger partial charge is 0.469 e. The van der Waals surface area contributed by atoms with Gasteiger partial charge >= 0.3 is 5.97 Å². The van der Waals surface area contributed by atoms with E-state index in [0.717, 1.165) is 12.8 Å². The van der Waals surface area contributed by atoms with Crippen LogP contribution in [0, 0.1) is 17.8 Å². The highest BCUT2D eigenvalue weighted by Crippen LogP contribution is 2.23. The SMILES string of the molecule is C#CCC/C(C)=C/CC(C)(C)C(=O)OC. The maximum atomic E-state index is 11.4. The standard InChI is InChI=1S/C13H20O2/c1-6-7-8-11(2)9-10-13(3,4)12(14)15-5/h1,9H,7-8,10H2,2-5H3/b11-9+. The maximum Gasteiger partial charge on any atom is 0.311 e. The van der Waals surface area contributed by atoms with Crippen LogP contribution in [0.15, 0.2) is 11.6 Å². The molecule has 0 aromatic heterocycles. The summed E-state index contributed by atoms with van der Waals surface area (Å²) >= 11 is 0. The van der Waals surface area contributed by atoms with Crippen molar-refractivity contribution in [2.75, 3.05) is 7.11 Å². The molecule has 2 nitrogen and oxygen atoms in total. The molecule has 0 aliphatic heterocycles. The zero-order valence-corrected chi connectivity index (χ0v) is 10.1. The van der Waals surface area contributed by atoms with E-state index in [0.29, 0.717) is 6.42 Å². The summed E-state index contributed by atoms with van der Waals surface area (Å²) in [4.78, 5) is 11.4. The van der Waals surface area contributed by atoms with Crippen LogP contribution in [0.25, 0.3) is 0 Å². The van der Waals surface area contributed by atoms with E-state index < -0.39 is 5.41 Å². The summed E-state index contributed by atoms with van der Waals surface area (Å²) in [6.07, 6.45) is 9.58. The van der Waals surface area contributed by atoms with Crippen molar-refractivity contribution in [3.05, 3.63) is 11.6 Å². The predicted octanol–water partition coefficient (Wildman–Crippen LogP) is 2.94. The normalized spacial score (nSPS) is 12.1. The fraction of sp³-hybridized carbons (Fsp3) is 0.615. The Labute approximate surface area is 92.7 Å². The molecule has 0 rings (SSSR count). The second-order valence-corrected chi connectivity index (χ2v) is 4.33. The second-order valence-electron chi connectivity index (χ2n) is 4.33. The van der Waals surface area contributed by atoms with Crippen LogP contribution in [0.5, 0.6) is 0 Å². The highest BCUT2D eigenvalue weighted by molar-refractivity contribution is 5.75. The number of hydrogen-bond acceptors (Lipinski definition) is 2. The van der Waals surface area contributed by atoms with E-state index in [-0.39, 0.29) is 5.97 Å². The lowest BCUT2D eigenvalue weighted by Gasteiger charge is -2.19. The van der Waals surface area contributed by atoms with Crippen molar-refractivity contribution >= 4 is 5.97 Å². The first kappa shape index (κ1) is 13.8. The van der Waals surface area contributed by atoms with Crippen LogP contribution in [-0.4, -0.2) is 13.1 Å². The predicted molar refractivity (Wildman–Crippen MR) is 62.2 cm³/mol. The van der Waals surface area contributed by atoms with Gasteiger partial charge in [0, 0.05) is 6.42 Å². The Morgan fingerprint density at radius 3 is 2.60 bits per heavy atom. The monoisotopic (exact) mass is 208 g/mol. The van der Waals surface area contributed by atoms with Gasteiger partial charge in [0.15, 0.2) is 0 Å². The average molecular weight is 208 g/mol. The highest BCUT2D eigenvalue weighted by Gasteiger charge is 2.27. The van der Waals surface area contributed by atoms with Crippen molar-refractivity contribution in [1.82, 2.24) is 0 Å². The third kappa shape index (κ3) is 5.27. The first-order valence-corrected chi connectivity index (χ1v) is 5.11. The summed E-state index contributed by atoms with van der Waals surface area (Å²) in [5.74, 6) is 2.42. The molecule has 0 aliphatic carbocycles. The van der Waals surface area contributed by atoms with Gasteiger partial charge in [-0.2, -0.15) is 0 Å². The fourth-order valence-electron chi connectivity index (χ4n) is 1.16. The Kier molecular flexibility index (Phi) is 5.77. The molecule has 0 saturated heterocycles. The van der Waals surface area contributed by atoms with E-state index in [2.05, 4.69) is 12.0 Å². The molecule has 0 aromatic rings. The Morgan fingerprint density at radius 2 is 2.13 bits per heavy atom. The van der Waals surface area contributed by atoms with Gasteiger partial charge in [0.05, 0.1) is 12.5 Å². The lowest BCUT2D eigenvalue weighted by molar-refractivity contribution is -0.150. The van der Waals surface area contributed by atoms with Crippen LogP contribution in [-0.2, 0) is 9.53 Å². The topological polar surface area (TPSA) is 26.3 Å². The summed E-state index contributed by atoms with van der Waals surface area (Å²) < 4.78 is 4.73. The number of ether oxygens (including phenoxy) is 1. The molecule has 0 N–H and O–H groups in total. The van der Waals surface area contributed by atoms with E-state index in [1.54, 1.807) is 0 Å². The molecule has 0 aliphatic rings. The van der Waals surface area contributed by atoms with Crippen molar-refractivity contribution < 1.29 is 9.53 Å². The second kappa shape index (κ2) is 6.29. The number of methoxy groups -OCH3 is 1. The van der Waals surface area contributed by atoms with E-state index in [1.807, 2.05) is 20.8 Å². The molecule has 0 aromatic carbocycles. The lowest BCUT2D eigenvalue weighted by atomic mass is 9.88. The molecule has 0 fully saturated rings. The number of allylic oxidation sites excluding steroid dienone is 2. The van der Waals surface area contributed by atoms with Gasteiger partial charge in [0.2, 0.25) is 0 Å². The van der Waals surface area contributed by atoms with Crippen LogP contribution >= 0.6 is 0 Å². The van der Waals surface area contributed by atoms with Gasteiger partial charge in [0.25, 0.3) is 0 Å². The van der Waals surface area contributed by atoms with E-state index in [4.69, 9.17) is 11.2 Å². The third-order valence-electron chi connectivity index (χ3n) is 2.36. The van der Waals surface area contributed by atoms with Crippen molar-refractivity contribution in [3.8, 4) is 12.3 Å². The number of hydrogen-bond donors (Lipinski definition) is 0. The zero-order chi connectivity index (χ0) is 11.9. The van der Waals surface area contributed by atoms with Gasteiger partial charge < -0.3 is 4.74 Å². The van der Waals surface area contributed by atoms with E-state index in [1.165, 1.54) is 12.7 Å². The van der Waals surface area contributed by atoms with Gasteiger partial charge in [-0.05, 0) is 33.6 Å². The molecule has 0 bridgehead atoms. The van der Waals surface area contributed by atoms with Crippen molar-refractivity contribution in [2.24, 2.45) is 5.41 Å². The van der Waals surface area contributed by atoms with Crippen LogP contribution in [0.1, 0.15) is 40.0 Å². The lowest BCUT2D eigenvalue weighted by Crippen LogP contribution is -2.24. The molecule has 0 heterocycles. The molecular formula is C13H20O2. The number of rotatable bonds is 5. The molecule has 0 spiro atoms. The number of carbonyl (C=O) groups is 1.